The normalized spacial score (nSPS) is 17.6. The molecule has 3 N–H and O–H groups in total. The van der Waals surface area contributed by atoms with Crippen LogP contribution in [0.4, 0.5) is 11.4 Å². The maximum atomic E-state index is 13.8. The van der Waals surface area contributed by atoms with E-state index in [1.54, 1.807) is 30.2 Å². The number of rotatable bonds is 12. The van der Waals surface area contributed by atoms with Crippen molar-refractivity contribution in [3.05, 3.63) is 89.5 Å². The van der Waals surface area contributed by atoms with Crippen LogP contribution >= 0.6 is 0 Å². The minimum atomic E-state index is -3.51. The van der Waals surface area contributed by atoms with E-state index in [1.807, 2.05) is 54.6 Å². The van der Waals surface area contributed by atoms with Crippen molar-refractivity contribution < 1.29 is 27.9 Å². The van der Waals surface area contributed by atoms with Gasteiger partial charge in [-0.2, -0.15) is 0 Å². The summed E-state index contributed by atoms with van der Waals surface area (Å²) in [5.41, 5.74) is 3.02. The predicted molar refractivity (Wildman–Crippen MR) is 166 cm³/mol. The van der Waals surface area contributed by atoms with E-state index in [2.05, 4.69) is 10.6 Å². The van der Waals surface area contributed by atoms with Gasteiger partial charge in [-0.15, -0.1) is 0 Å². The van der Waals surface area contributed by atoms with Crippen molar-refractivity contribution in [2.75, 3.05) is 41.7 Å². The maximum absolute atomic E-state index is 13.8. The summed E-state index contributed by atoms with van der Waals surface area (Å²) in [7, 11) is -1.90. The first-order chi connectivity index (χ1) is 20.7. The third-order valence-corrected chi connectivity index (χ3v) is 9.70. The number of methoxy groups -OCH3 is 1. The van der Waals surface area contributed by atoms with E-state index >= 15 is 0 Å². The van der Waals surface area contributed by atoms with Gasteiger partial charge < -0.3 is 25.4 Å². The van der Waals surface area contributed by atoms with E-state index in [9.17, 15) is 23.1 Å². The topological polar surface area (TPSA) is 128 Å². The smallest absolute Gasteiger partial charge is 0.251 e. The van der Waals surface area contributed by atoms with E-state index < -0.39 is 28.1 Å². The number of carbonyl (C=O) groups is 2. The van der Waals surface area contributed by atoms with Gasteiger partial charge in [0, 0.05) is 43.9 Å². The number of nitrogens with one attached hydrogen (secondary N) is 2. The van der Waals surface area contributed by atoms with Crippen LogP contribution < -0.4 is 24.6 Å². The number of hydrogen-bond donors (Lipinski definition) is 3. The first-order valence-electron chi connectivity index (χ1n) is 14.6. The van der Waals surface area contributed by atoms with Crippen molar-refractivity contribution in [1.29, 1.82) is 0 Å². The van der Waals surface area contributed by atoms with Crippen LogP contribution in [0.3, 0.4) is 0 Å². The van der Waals surface area contributed by atoms with E-state index in [1.165, 1.54) is 4.31 Å². The molecule has 2 saturated heterocycles. The third-order valence-electron chi connectivity index (χ3n) is 7.83. The number of anilines is 2. The lowest BCUT2D eigenvalue weighted by Gasteiger charge is -2.26. The number of carbonyl (C=O) groups excluding carboxylic acids is 2. The molecule has 0 spiro atoms. The molecule has 0 saturated carbocycles. The fraction of sp³-hybridized carbons (Fsp3) is 0.375. The molecule has 10 nitrogen and oxygen atoms in total. The van der Waals surface area contributed by atoms with Gasteiger partial charge in [0.25, 0.3) is 5.91 Å². The summed E-state index contributed by atoms with van der Waals surface area (Å²) in [6.45, 7) is 1.54. The van der Waals surface area contributed by atoms with Crippen LogP contribution in [-0.2, 0) is 27.8 Å². The van der Waals surface area contributed by atoms with Gasteiger partial charge in [0.2, 0.25) is 15.9 Å². The standard InChI is InChI=1S/C32H38N4O6S/c1-42-28-11-5-10-24(16-28)21-33-22-30(37)29(17-23-8-3-2-4-9-23)34-32(39)25-18-26(35-13-6-12-31(35)38)20-27(19-25)36-14-7-15-43(36,40)41/h2-5,8-11,16,18-20,29-30,33,37H,6-7,12-15,17,21-22H2,1H3,(H,34,39)/t29-,30+/m0/s1. The molecule has 228 valence electrons. The SMILES string of the molecule is COc1cccc(CNC[C@@H](O)[C@H](Cc2ccccc2)NC(=O)c2cc(N3CCCC3=O)cc(N3CCCS3(=O)=O)c2)c1. The van der Waals surface area contributed by atoms with Gasteiger partial charge in [0.15, 0.2) is 0 Å². The lowest BCUT2D eigenvalue weighted by atomic mass is 10.00. The lowest BCUT2D eigenvalue weighted by molar-refractivity contribution is -0.117. The van der Waals surface area contributed by atoms with Crippen LogP contribution in [0.15, 0.2) is 72.8 Å². The minimum absolute atomic E-state index is 0.0372. The fourth-order valence-electron chi connectivity index (χ4n) is 5.57. The Balaban J connectivity index is 1.37. The Kier molecular flexibility index (Phi) is 9.64. The molecule has 5 rings (SSSR count). The van der Waals surface area contributed by atoms with Gasteiger partial charge in [0.05, 0.1) is 30.7 Å². The Labute approximate surface area is 252 Å². The van der Waals surface area contributed by atoms with Crippen LogP contribution in [0.5, 0.6) is 5.75 Å². The largest absolute Gasteiger partial charge is 0.497 e. The van der Waals surface area contributed by atoms with Crippen LogP contribution in [0.1, 0.15) is 40.7 Å². The zero-order chi connectivity index (χ0) is 30.4. The number of benzene rings is 3. The summed E-state index contributed by atoms with van der Waals surface area (Å²) in [4.78, 5) is 27.9. The summed E-state index contributed by atoms with van der Waals surface area (Å²) < 4.78 is 32.1. The second kappa shape index (κ2) is 13.6. The molecular formula is C32H38N4O6S. The highest BCUT2D eigenvalue weighted by Gasteiger charge is 2.31. The summed E-state index contributed by atoms with van der Waals surface area (Å²) in [5.74, 6) is 0.259. The lowest BCUT2D eigenvalue weighted by Crippen LogP contribution is -2.48. The molecule has 0 aliphatic carbocycles. The molecule has 2 amide bonds. The first kappa shape index (κ1) is 30.5. The Bertz CT molecular complexity index is 1550. The zero-order valence-electron chi connectivity index (χ0n) is 24.2. The molecule has 3 aromatic carbocycles. The van der Waals surface area contributed by atoms with Gasteiger partial charge >= 0.3 is 0 Å². The molecule has 2 atom stereocenters. The average Bonchev–Trinajstić information content (AvgIpc) is 3.61. The summed E-state index contributed by atoms with van der Waals surface area (Å²) in [5, 5.41) is 17.5. The molecule has 0 bridgehead atoms. The molecule has 0 aromatic heterocycles. The van der Waals surface area contributed by atoms with Crippen molar-refractivity contribution in [2.45, 2.75) is 44.4 Å². The molecule has 3 aromatic rings. The van der Waals surface area contributed by atoms with Crippen molar-refractivity contribution in [1.82, 2.24) is 10.6 Å². The highest BCUT2D eigenvalue weighted by Crippen LogP contribution is 2.32. The summed E-state index contributed by atoms with van der Waals surface area (Å²) >= 11 is 0. The summed E-state index contributed by atoms with van der Waals surface area (Å²) in [6, 6.07) is 21.4. The highest BCUT2D eigenvalue weighted by molar-refractivity contribution is 7.93. The molecule has 2 aliphatic heterocycles. The van der Waals surface area contributed by atoms with Gasteiger partial charge in [-0.25, -0.2) is 8.42 Å². The molecule has 2 aliphatic rings. The van der Waals surface area contributed by atoms with E-state index in [0.717, 1.165) is 16.9 Å². The fourth-order valence-corrected chi connectivity index (χ4v) is 7.12. The van der Waals surface area contributed by atoms with Gasteiger partial charge in [0.1, 0.15) is 5.75 Å². The van der Waals surface area contributed by atoms with Gasteiger partial charge in [-0.05, 0) is 60.7 Å². The predicted octanol–water partition coefficient (Wildman–Crippen LogP) is 2.85. The molecular weight excluding hydrogens is 568 g/mol. The first-order valence-corrected chi connectivity index (χ1v) is 16.2. The second-order valence-corrected chi connectivity index (χ2v) is 13.0. The molecule has 2 fully saturated rings. The minimum Gasteiger partial charge on any atom is -0.497 e. The Hall–Kier alpha value is -3.93. The zero-order valence-corrected chi connectivity index (χ0v) is 25.1. The monoisotopic (exact) mass is 606 g/mol. The number of nitrogens with zero attached hydrogens (tertiary/aromatic N) is 2. The average molecular weight is 607 g/mol. The van der Waals surface area contributed by atoms with Crippen molar-refractivity contribution in [3.63, 3.8) is 0 Å². The Morgan fingerprint density at radius 3 is 2.44 bits per heavy atom. The molecule has 11 heteroatoms. The van der Waals surface area contributed by atoms with Crippen molar-refractivity contribution >= 4 is 33.2 Å². The molecule has 43 heavy (non-hydrogen) atoms. The maximum Gasteiger partial charge on any atom is 0.251 e. The molecule has 0 radical (unpaired) electrons. The molecule has 2 heterocycles. The van der Waals surface area contributed by atoms with E-state index in [0.29, 0.717) is 56.7 Å². The van der Waals surface area contributed by atoms with Crippen molar-refractivity contribution in [3.8, 4) is 5.75 Å². The van der Waals surface area contributed by atoms with Crippen LogP contribution in [-0.4, -0.2) is 70.0 Å². The van der Waals surface area contributed by atoms with Crippen LogP contribution in [0.25, 0.3) is 0 Å². The number of aliphatic hydroxyl groups excluding tert-OH is 1. The van der Waals surface area contributed by atoms with Crippen LogP contribution in [0.2, 0.25) is 0 Å². The second-order valence-electron chi connectivity index (χ2n) is 10.9. The molecule has 0 unspecified atom stereocenters. The van der Waals surface area contributed by atoms with Gasteiger partial charge in [-0.1, -0.05) is 42.5 Å². The number of aliphatic hydroxyl groups is 1. The number of ether oxygens (including phenoxy) is 1. The summed E-state index contributed by atoms with van der Waals surface area (Å²) in [6.07, 6.45) is 1.04. The number of sulfonamides is 1. The Morgan fingerprint density at radius 2 is 1.74 bits per heavy atom. The quantitative estimate of drug-likeness (QED) is 0.289. The highest BCUT2D eigenvalue weighted by atomic mass is 32.2. The number of hydrogen-bond acceptors (Lipinski definition) is 7. The Morgan fingerprint density at radius 1 is 0.977 bits per heavy atom. The van der Waals surface area contributed by atoms with Gasteiger partial charge in [-0.3, -0.25) is 13.9 Å². The third kappa shape index (κ3) is 7.54. The van der Waals surface area contributed by atoms with Crippen LogP contribution in [0, 0.1) is 0 Å². The number of amides is 2. The van der Waals surface area contributed by atoms with E-state index in [4.69, 9.17) is 4.74 Å². The van der Waals surface area contributed by atoms with Crippen molar-refractivity contribution in [2.24, 2.45) is 0 Å². The van der Waals surface area contributed by atoms with E-state index in [-0.39, 0.29) is 23.8 Å².